The molecule has 0 saturated heterocycles. The zero-order valence-electron chi connectivity index (χ0n) is 11.3. The molecule has 0 bridgehead atoms. The second kappa shape index (κ2) is 5.83. The number of rotatable bonds is 2. The van der Waals surface area contributed by atoms with Crippen LogP contribution in [0.25, 0.3) is 0 Å². The van der Waals surface area contributed by atoms with E-state index >= 15 is 0 Å². The maximum Gasteiger partial charge on any atom is 0.255 e. The van der Waals surface area contributed by atoms with Crippen molar-refractivity contribution < 1.29 is 18.7 Å². The number of amides is 1. The topological polar surface area (TPSA) is 47.6 Å². The molecule has 1 N–H and O–H groups in total. The van der Waals surface area contributed by atoms with E-state index < -0.39 is 5.82 Å². The van der Waals surface area contributed by atoms with Crippen molar-refractivity contribution >= 4 is 11.6 Å². The van der Waals surface area contributed by atoms with Gasteiger partial charge in [-0.3, -0.25) is 4.79 Å². The fraction of sp³-hybridized carbons (Fsp3) is 0.188. The highest BCUT2D eigenvalue weighted by Crippen LogP contribution is 2.32. The van der Waals surface area contributed by atoms with Crippen LogP contribution in [-0.2, 0) is 0 Å². The van der Waals surface area contributed by atoms with Crippen molar-refractivity contribution in [2.45, 2.75) is 6.42 Å². The van der Waals surface area contributed by atoms with E-state index in [4.69, 9.17) is 9.47 Å². The summed E-state index contributed by atoms with van der Waals surface area (Å²) in [4.78, 5) is 12.1. The summed E-state index contributed by atoms with van der Waals surface area (Å²) in [6.45, 7) is 1.19. The lowest BCUT2D eigenvalue weighted by Gasteiger charge is -2.10. The molecule has 4 nitrogen and oxygen atoms in total. The highest BCUT2D eigenvalue weighted by atomic mass is 19.1. The second-order valence-corrected chi connectivity index (χ2v) is 4.68. The molecule has 1 amide bonds. The van der Waals surface area contributed by atoms with Gasteiger partial charge in [0.2, 0.25) is 0 Å². The average molecular weight is 287 g/mol. The first-order valence-corrected chi connectivity index (χ1v) is 6.69. The van der Waals surface area contributed by atoms with Gasteiger partial charge in [0.05, 0.1) is 13.2 Å². The van der Waals surface area contributed by atoms with Gasteiger partial charge in [-0.05, 0) is 30.3 Å². The number of hydrogen-bond acceptors (Lipinski definition) is 3. The maximum absolute atomic E-state index is 13.1. The number of carbonyl (C=O) groups is 1. The molecule has 21 heavy (non-hydrogen) atoms. The van der Waals surface area contributed by atoms with Crippen molar-refractivity contribution in [3.05, 3.63) is 53.8 Å². The summed E-state index contributed by atoms with van der Waals surface area (Å²) < 4.78 is 24.2. The maximum atomic E-state index is 13.1. The van der Waals surface area contributed by atoms with Gasteiger partial charge in [0.1, 0.15) is 5.82 Å². The molecule has 0 atom stereocenters. The fourth-order valence-corrected chi connectivity index (χ4v) is 2.07. The van der Waals surface area contributed by atoms with Gasteiger partial charge in [-0.1, -0.05) is 6.07 Å². The van der Waals surface area contributed by atoms with E-state index in [1.165, 1.54) is 18.2 Å². The monoisotopic (exact) mass is 287 g/mol. The van der Waals surface area contributed by atoms with Crippen molar-refractivity contribution in [2.75, 3.05) is 18.5 Å². The highest BCUT2D eigenvalue weighted by molar-refractivity contribution is 6.04. The Morgan fingerprint density at radius 2 is 1.86 bits per heavy atom. The number of nitrogens with one attached hydrogen (secondary N) is 1. The molecule has 108 valence electrons. The van der Waals surface area contributed by atoms with Gasteiger partial charge in [0.15, 0.2) is 11.5 Å². The van der Waals surface area contributed by atoms with E-state index in [0.717, 1.165) is 6.42 Å². The summed E-state index contributed by atoms with van der Waals surface area (Å²) in [6, 6.07) is 10.7. The van der Waals surface area contributed by atoms with Crippen LogP contribution in [0.2, 0.25) is 0 Å². The minimum absolute atomic E-state index is 0.266. The van der Waals surface area contributed by atoms with E-state index in [1.54, 1.807) is 24.3 Å². The van der Waals surface area contributed by atoms with Crippen molar-refractivity contribution in [2.24, 2.45) is 0 Å². The lowest BCUT2D eigenvalue weighted by molar-refractivity contribution is 0.102. The summed E-state index contributed by atoms with van der Waals surface area (Å²) in [5.74, 6) is 0.450. The van der Waals surface area contributed by atoms with Gasteiger partial charge in [0.25, 0.3) is 5.91 Å². The molecule has 0 radical (unpaired) electrons. The number of anilines is 1. The molecule has 0 aromatic heterocycles. The molecule has 0 spiro atoms. The summed E-state index contributed by atoms with van der Waals surface area (Å²) >= 11 is 0. The van der Waals surface area contributed by atoms with Crippen molar-refractivity contribution in [3.63, 3.8) is 0 Å². The van der Waals surface area contributed by atoms with Crippen LogP contribution in [0.4, 0.5) is 10.1 Å². The molecule has 0 aliphatic carbocycles. The third-order valence-electron chi connectivity index (χ3n) is 3.09. The van der Waals surface area contributed by atoms with Crippen LogP contribution in [0.5, 0.6) is 11.5 Å². The van der Waals surface area contributed by atoms with Gasteiger partial charge < -0.3 is 14.8 Å². The average Bonchev–Trinajstić information content (AvgIpc) is 2.72. The molecular weight excluding hydrogens is 273 g/mol. The van der Waals surface area contributed by atoms with Gasteiger partial charge in [-0.15, -0.1) is 0 Å². The van der Waals surface area contributed by atoms with Gasteiger partial charge in [-0.2, -0.15) is 0 Å². The zero-order valence-corrected chi connectivity index (χ0v) is 11.3. The Labute approximate surface area is 121 Å². The third kappa shape index (κ3) is 3.13. The Morgan fingerprint density at radius 3 is 2.67 bits per heavy atom. The summed E-state index contributed by atoms with van der Waals surface area (Å²) in [5.41, 5.74) is 0.843. The van der Waals surface area contributed by atoms with Crippen LogP contribution in [0.3, 0.4) is 0 Å². The molecular formula is C16H14FNO3. The van der Waals surface area contributed by atoms with E-state index in [1.807, 2.05) is 0 Å². The lowest BCUT2D eigenvalue weighted by Crippen LogP contribution is -2.12. The Morgan fingerprint density at radius 1 is 1.05 bits per heavy atom. The van der Waals surface area contributed by atoms with Gasteiger partial charge >= 0.3 is 0 Å². The minimum atomic E-state index is -0.443. The Bertz CT molecular complexity index is 672. The SMILES string of the molecule is O=C(Nc1ccc2c(c1)OCCCO2)c1cccc(F)c1. The fourth-order valence-electron chi connectivity index (χ4n) is 2.07. The molecule has 1 aliphatic rings. The molecule has 0 fully saturated rings. The Balaban J connectivity index is 1.79. The van der Waals surface area contributed by atoms with E-state index in [0.29, 0.717) is 30.4 Å². The van der Waals surface area contributed by atoms with Gasteiger partial charge in [-0.25, -0.2) is 4.39 Å². The summed E-state index contributed by atoms with van der Waals surface area (Å²) in [6.07, 6.45) is 0.819. The van der Waals surface area contributed by atoms with Crippen LogP contribution in [0.15, 0.2) is 42.5 Å². The number of hydrogen-bond donors (Lipinski definition) is 1. The zero-order chi connectivity index (χ0) is 14.7. The van der Waals surface area contributed by atoms with Crippen LogP contribution in [0, 0.1) is 5.82 Å². The van der Waals surface area contributed by atoms with E-state index in [9.17, 15) is 9.18 Å². The van der Waals surface area contributed by atoms with E-state index in [2.05, 4.69) is 5.32 Å². The molecule has 2 aromatic rings. The van der Waals surface area contributed by atoms with E-state index in [-0.39, 0.29) is 11.5 Å². The highest BCUT2D eigenvalue weighted by Gasteiger charge is 2.12. The summed E-state index contributed by atoms with van der Waals surface area (Å²) in [5, 5.41) is 2.71. The van der Waals surface area contributed by atoms with Crippen LogP contribution in [0.1, 0.15) is 16.8 Å². The van der Waals surface area contributed by atoms with Crippen LogP contribution >= 0.6 is 0 Å². The largest absolute Gasteiger partial charge is 0.490 e. The van der Waals surface area contributed by atoms with Crippen molar-refractivity contribution in [1.29, 1.82) is 0 Å². The number of carbonyl (C=O) groups excluding carboxylic acids is 1. The van der Waals surface area contributed by atoms with Crippen molar-refractivity contribution in [1.82, 2.24) is 0 Å². The van der Waals surface area contributed by atoms with Gasteiger partial charge in [0, 0.05) is 23.7 Å². The molecule has 0 unspecified atom stereocenters. The van der Waals surface area contributed by atoms with Crippen molar-refractivity contribution in [3.8, 4) is 11.5 Å². The predicted molar refractivity (Wildman–Crippen MR) is 76.4 cm³/mol. The first-order valence-electron chi connectivity index (χ1n) is 6.69. The quantitative estimate of drug-likeness (QED) is 0.922. The number of benzene rings is 2. The molecule has 1 aliphatic heterocycles. The number of ether oxygens (including phenoxy) is 2. The van der Waals surface area contributed by atoms with Crippen LogP contribution in [-0.4, -0.2) is 19.1 Å². The Hall–Kier alpha value is -2.56. The first kappa shape index (κ1) is 13.4. The molecule has 0 saturated carbocycles. The van der Waals surface area contributed by atoms with Crippen LogP contribution < -0.4 is 14.8 Å². The summed E-state index contributed by atoms with van der Waals surface area (Å²) in [7, 11) is 0. The molecule has 3 rings (SSSR count). The molecule has 2 aromatic carbocycles. The second-order valence-electron chi connectivity index (χ2n) is 4.68. The first-order chi connectivity index (χ1) is 10.2. The number of fused-ring (bicyclic) bond motifs is 1. The lowest BCUT2D eigenvalue weighted by atomic mass is 10.2. The molecule has 1 heterocycles. The smallest absolute Gasteiger partial charge is 0.255 e. The minimum Gasteiger partial charge on any atom is -0.490 e. The standard InChI is InChI=1S/C16H14FNO3/c17-12-4-1-3-11(9-12)16(19)18-13-5-6-14-15(10-13)21-8-2-7-20-14/h1,3-6,9-10H,2,7-8H2,(H,18,19). The molecule has 5 heteroatoms. The predicted octanol–water partition coefficient (Wildman–Crippen LogP) is 3.24. The normalized spacial score (nSPS) is 13.4. The Kier molecular flexibility index (Phi) is 3.73. The third-order valence-corrected chi connectivity index (χ3v) is 3.09. The number of halogens is 1.